The first-order valence-electron chi connectivity index (χ1n) is 7.19. The van der Waals surface area contributed by atoms with Gasteiger partial charge in [0.05, 0.1) is 6.04 Å². The van der Waals surface area contributed by atoms with Crippen molar-refractivity contribution in [3.05, 3.63) is 0 Å². The number of rotatable bonds is 7. The summed E-state index contributed by atoms with van der Waals surface area (Å²) in [5.74, 6) is 2.57. The van der Waals surface area contributed by atoms with Crippen LogP contribution in [-0.4, -0.2) is 30.5 Å². The van der Waals surface area contributed by atoms with E-state index in [1.54, 1.807) is 11.8 Å². The van der Waals surface area contributed by atoms with Crippen LogP contribution in [0.1, 0.15) is 45.4 Å². The molecule has 4 heteroatoms. The molecule has 1 rings (SSSR count). The van der Waals surface area contributed by atoms with Gasteiger partial charge in [0.25, 0.3) is 0 Å². The standard InChI is InChI=1S/C14H28N2OS/c1-3-11-4-6-12(7-5-11)10-16-14(17)13(15)8-9-18-2/h11-13H,3-10,15H2,1-2H3,(H,16,17)/t11?,12?,13-/m0/s1. The summed E-state index contributed by atoms with van der Waals surface area (Å²) in [6.07, 6.45) is 9.30. The van der Waals surface area contributed by atoms with Crippen LogP contribution in [0, 0.1) is 11.8 Å². The van der Waals surface area contributed by atoms with Crippen LogP contribution in [0.2, 0.25) is 0 Å². The number of amides is 1. The van der Waals surface area contributed by atoms with Gasteiger partial charge in [-0.2, -0.15) is 11.8 Å². The van der Waals surface area contributed by atoms with Crippen molar-refractivity contribution in [3.63, 3.8) is 0 Å². The molecule has 3 nitrogen and oxygen atoms in total. The predicted molar refractivity (Wildman–Crippen MR) is 79.7 cm³/mol. The van der Waals surface area contributed by atoms with E-state index in [-0.39, 0.29) is 11.9 Å². The number of carbonyl (C=O) groups excluding carboxylic acids is 1. The van der Waals surface area contributed by atoms with Gasteiger partial charge >= 0.3 is 0 Å². The first kappa shape index (κ1) is 15.8. The third kappa shape index (κ3) is 5.61. The van der Waals surface area contributed by atoms with Crippen LogP contribution in [0.3, 0.4) is 0 Å². The number of hydrogen-bond acceptors (Lipinski definition) is 3. The fraction of sp³-hybridized carbons (Fsp3) is 0.929. The predicted octanol–water partition coefficient (Wildman–Crippen LogP) is 2.40. The van der Waals surface area contributed by atoms with Crippen molar-refractivity contribution >= 4 is 17.7 Å². The Morgan fingerprint density at radius 2 is 1.94 bits per heavy atom. The molecule has 0 aliphatic heterocycles. The zero-order valence-electron chi connectivity index (χ0n) is 11.8. The minimum absolute atomic E-state index is 0.0293. The molecule has 1 atom stereocenters. The molecule has 1 amide bonds. The van der Waals surface area contributed by atoms with E-state index < -0.39 is 0 Å². The largest absolute Gasteiger partial charge is 0.354 e. The summed E-state index contributed by atoms with van der Waals surface area (Å²) in [4.78, 5) is 11.8. The zero-order chi connectivity index (χ0) is 13.4. The second-order valence-corrected chi connectivity index (χ2v) is 6.41. The van der Waals surface area contributed by atoms with Gasteiger partial charge in [0, 0.05) is 6.54 Å². The summed E-state index contributed by atoms with van der Waals surface area (Å²) in [6, 6.07) is -0.329. The van der Waals surface area contributed by atoms with Crippen molar-refractivity contribution in [2.75, 3.05) is 18.6 Å². The lowest BCUT2D eigenvalue weighted by molar-refractivity contribution is -0.122. The van der Waals surface area contributed by atoms with Gasteiger partial charge in [-0.05, 0) is 43.1 Å². The van der Waals surface area contributed by atoms with E-state index in [1.807, 2.05) is 6.26 Å². The Morgan fingerprint density at radius 3 is 2.50 bits per heavy atom. The van der Waals surface area contributed by atoms with Crippen molar-refractivity contribution in [2.24, 2.45) is 17.6 Å². The molecule has 1 aliphatic rings. The van der Waals surface area contributed by atoms with Crippen molar-refractivity contribution in [1.29, 1.82) is 0 Å². The van der Waals surface area contributed by atoms with Crippen LogP contribution < -0.4 is 11.1 Å². The molecule has 0 spiro atoms. The van der Waals surface area contributed by atoms with Gasteiger partial charge < -0.3 is 11.1 Å². The minimum atomic E-state index is -0.329. The molecule has 3 N–H and O–H groups in total. The highest BCUT2D eigenvalue weighted by atomic mass is 32.2. The molecule has 0 aromatic rings. The SMILES string of the molecule is CCC1CCC(CNC(=O)[C@@H](N)CCSC)CC1. The zero-order valence-corrected chi connectivity index (χ0v) is 12.6. The Labute approximate surface area is 116 Å². The number of nitrogens with one attached hydrogen (secondary N) is 1. The molecular weight excluding hydrogens is 244 g/mol. The third-order valence-electron chi connectivity index (χ3n) is 4.08. The van der Waals surface area contributed by atoms with Gasteiger partial charge in [-0.1, -0.05) is 26.2 Å². The lowest BCUT2D eigenvalue weighted by Gasteiger charge is -2.28. The molecular formula is C14H28N2OS. The van der Waals surface area contributed by atoms with Crippen molar-refractivity contribution in [3.8, 4) is 0 Å². The molecule has 1 saturated carbocycles. The monoisotopic (exact) mass is 272 g/mol. The van der Waals surface area contributed by atoms with Crippen molar-refractivity contribution < 1.29 is 4.79 Å². The molecule has 0 aromatic carbocycles. The minimum Gasteiger partial charge on any atom is -0.354 e. The molecule has 1 fully saturated rings. The maximum absolute atomic E-state index is 11.8. The van der Waals surface area contributed by atoms with Crippen LogP contribution in [0.5, 0.6) is 0 Å². The maximum Gasteiger partial charge on any atom is 0.236 e. The topological polar surface area (TPSA) is 55.1 Å². The lowest BCUT2D eigenvalue weighted by atomic mass is 9.81. The van der Waals surface area contributed by atoms with Crippen LogP contribution in [0.25, 0.3) is 0 Å². The van der Waals surface area contributed by atoms with Crippen LogP contribution in [-0.2, 0) is 4.79 Å². The van der Waals surface area contributed by atoms with Crippen molar-refractivity contribution in [1.82, 2.24) is 5.32 Å². The number of nitrogens with two attached hydrogens (primary N) is 1. The first-order valence-corrected chi connectivity index (χ1v) is 8.59. The van der Waals surface area contributed by atoms with Gasteiger partial charge in [-0.3, -0.25) is 4.79 Å². The summed E-state index contributed by atoms with van der Waals surface area (Å²) in [5.41, 5.74) is 5.84. The number of carbonyl (C=O) groups is 1. The highest BCUT2D eigenvalue weighted by Crippen LogP contribution is 2.30. The number of hydrogen-bond donors (Lipinski definition) is 2. The van der Waals surface area contributed by atoms with Crippen LogP contribution in [0.15, 0.2) is 0 Å². The smallest absolute Gasteiger partial charge is 0.236 e. The summed E-state index contributed by atoms with van der Waals surface area (Å²) in [6.45, 7) is 3.10. The Bertz CT molecular complexity index is 240. The second-order valence-electron chi connectivity index (χ2n) is 5.43. The van der Waals surface area contributed by atoms with E-state index in [0.717, 1.165) is 24.6 Å². The quantitative estimate of drug-likeness (QED) is 0.748. The van der Waals surface area contributed by atoms with Crippen molar-refractivity contribution in [2.45, 2.75) is 51.5 Å². The van der Waals surface area contributed by atoms with Gasteiger partial charge in [-0.15, -0.1) is 0 Å². The third-order valence-corrected chi connectivity index (χ3v) is 4.72. The van der Waals surface area contributed by atoms with Crippen LogP contribution >= 0.6 is 11.8 Å². The molecule has 0 heterocycles. The molecule has 0 bridgehead atoms. The summed E-state index contributed by atoms with van der Waals surface area (Å²) < 4.78 is 0. The lowest BCUT2D eigenvalue weighted by Crippen LogP contribution is -2.43. The van der Waals surface area contributed by atoms with E-state index in [9.17, 15) is 4.79 Å². The van der Waals surface area contributed by atoms with Gasteiger partial charge in [0.2, 0.25) is 5.91 Å². The normalized spacial score (nSPS) is 25.7. The summed E-state index contributed by atoms with van der Waals surface area (Å²) in [5, 5.41) is 3.02. The van der Waals surface area contributed by atoms with E-state index in [1.165, 1.54) is 32.1 Å². The second kappa shape index (κ2) is 8.81. The van der Waals surface area contributed by atoms with Gasteiger partial charge in [0.1, 0.15) is 0 Å². The highest BCUT2D eigenvalue weighted by molar-refractivity contribution is 7.98. The molecule has 1 aliphatic carbocycles. The van der Waals surface area contributed by atoms with Gasteiger partial charge in [0.15, 0.2) is 0 Å². The fourth-order valence-electron chi connectivity index (χ4n) is 2.60. The molecule has 0 saturated heterocycles. The summed E-state index contributed by atoms with van der Waals surface area (Å²) in [7, 11) is 0. The summed E-state index contributed by atoms with van der Waals surface area (Å²) >= 11 is 1.74. The van der Waals surface area contributed by atoms with E-state index in [2.05, 4.69) is 12.2 Å². The van der Waals surface area contributed by atoms with E-state index in [4.69, 9.17) is 5.73 Å². The average molecular weight is 272 g/mol. The van der Waals surface area contributed by atoms with Crippen LogP contribution in [0.4, 0.5) is 0 Å². The Balaban J connectivity index is 2.15. The van der Waals surface area contributed by atoms with Gasteiger partial charge in [-0.25, -0.2) is 0 Å². The molecule has 18 heavy (non-hydrogen) atoms. The molecule has 106 valence electrons. The first-order chi connectivity index (χ1) is 8.67. The fourth-order valence-corrected chi connectivity index (χ4v) is 3.09. The molecule has 0 unspecified atom stereocenters. The van der Waals surface area contributed by atoms with E-state index in [0.29, 0.717) is 5.92 Å². The highest BCUT2D eigenvalue weighted by Gasteiger charge is 2.21. The molecule has 0 radical (unpaired) electrons. The Kier molecular flexibility index (Phi) is 7.75. The number of thioether (sulfide) groups is 1. The Morgan fingerprint density at radius 1 is 1.33 bits per heavy atom. The average Bonchev–Trinajstić information content (AvgIpc) is 2.42. The Hall–Kier alpha value is -0.220. The molecule has 0 aromatic heterocycles. The maximum atomic E-state index is 11.8. The van der Waals surface area contributed by atoms with E-state index >= 15 is 0 Å².